The first kappa shape index (κ1) is 13.3. The first-order chi connectivity index (χ1) is 8.99. The fourth-order valence-electron chi connectivity index (χ4n) is 2.20. The molecule has 0 radical (unpaired) electrons. The van der Waals surface area contributed by atoms with Crippen LogP contribution in [0.2, 0.25) is 0 Å². The molecule has 1 aliphatic heterocycles. The Bertz CT molecular complexity index is 506. The number of hydrogen-bond acceptors (Lipinski definition) is 5. The van der Waals surface area contributed by atoms with E-state index in [1.807, 2.05) is 11.9 Å². The third kappa shape index (κ3) is 2.82. The number of anilines is 1. The lowest BCUT2D eigenvalue weighted by molar-refractivity contribution is -0.524. The van der Waals surface area contributed by atoms with Crippen molar-refractivity contribution in [1.82, 2.24) is 4.90 Å². The van der Waals surface area contributed by atoms with Crippen molar-refractivity contribution in [3.05, 3.63) is 39.9 Å². The molecule has 1 aliphatic rings. The lowest BCUT2D eigenvalue weighted by atomic mass is 10.1. The summed E-state index contributed by atoms with van der Waals surface area (Å²) in [5.74, 6) is -1.03. The zero-order valence-corrected chi connectivity index (χ0v) is 10.5. The van der Waals surface area contributed by atoms with Crippen molar-refractivity contribution < 1.29 is 14.8 Å². The average Bonchev–Trinajstić information content (AvgIpc) is 2.38. The third-order valence-electron chi connectivity index (χ3n) is 3.23. The van der Waals surface area contributed by atoms with Gasteiger partial charge in [-0.25, -0.2) is 4.79 Å². The summed E-state index contributed by atoms with van der Waals surface area (Å²) in [5.41, 5.74) is 0.716. The molecule has 7 nitrogen and oxygen atoms in total. The van der Waals surface area contributed by atoms with Crippen LogP contribution in [0.25, 0.3) is 0 Å². The number of hydrogen-bond donors (Lipinski definition) is 1. The fraction of sp³-hybridized carbons (Fsp3) is 0.417. The van der Waals surface area contributed by atoms with Gasteiger partial charge in [-0.3, -0.25) is 15.0 Å². The lowest BCUT2D eigenvalue weighted by Crippen LogP contribution is -2.55. The zero-order valence-electron chi connectivity index (χ0n) is 10.5. The Labute approximate surface area is 110 Å². The highest BCUT2D eigenvalue weighted by atomic mass is 16.6. The number of benzene rings is 1. The van der Waals surface area contributed by atoms with Crippen LogP contribution in [-0.2, 0) is 0 Å². The number of rotatable bonds is 3. The van der Waals surface area contributed by atoms with Crippen molar-refractivity contribution in [3.8, 4) is 0 Å². The number of nitro groups is 1. The van der Waals surface area contributed by atoms with Crippen LogP contribution in [0.5, 0.6) is 0 Å². The van der Waals surface area contributed by atoms with E-state index in [-0.39, 0.29) is 10.5 Å². The molecule has 1 aromatic carbocycles. The molecule has 102 valence electrons. The topological polar surface area (TPSA) is 86.9 Å². The highest BCUT2D eigenvalue weighted by Crippen LogP contribution is 2.21. The predicted molar refractivity (Wildman–Crippen MR) is 69.0 cm³/mol. The zero-order chi connectivity index (χ0) is 14.0. The summed E-state index contributed by atoms with van der Waals surface area (Å²) in [5, 5.41) is 20.1. The van der Waals surface area contributed by atoms with Crippen LogP contribution < -0.4 is 4.90 Å². The number of nitrogens with zero attached hydrogens (tertiary/aromatic N) is 3. The van der Waals surface area contributed by atoms with Crippen molar-refractivity contribution in [1.29, 1.82) is 0 Å². The fourth-order valence-corrected chi connectivity index (χ4v) is 2.20. The molecule has 0 aromatic heterocycles. The van der Waals surface area contributed by atoms with Crippen LogP contribution in [0.3, 0.4) is 0 Å². The molecule has 1 fully saturated rings. The Morgan fingerprint density at radius 1 is 1.47 bits per heavy atom. The summed E-state index contributed by atoms with van der Waals surface area (Å²) in [6, 6.07) is 6.26. The molecule has 0 spiro atoms. The molecule has 0 aliphatic carbocycles. The molecule has 7 heteroatoms. The predicted octanol–water partition coefficient (Wildman–Crippen LogP) is 0.739. The van der Waals surface area contributed by atoms with Gasteiger partial charge >= 0.3 is 5.97 Å². The minimum Gasteiger partial charge on any atom is -0.478 e. The second-order valence-corrected chi connectivity index (χ2v) is 4.58. The van der Waals surface area contributed by atoms with Crippen LogP contribution in [0, 0.1) is 10.1 Å². The molecule has 1 N–H and O–H groups in total. The summed E-state index contributed by atoms with van der Waals surface area (Å²) in [6.07, 6.45) is -0.845. The number of carboxylic acid groups (broad SMARTS) is 1. The second kappa shape index (κ2) is 5.23. The summed E-state index contributed by atoms with van der Waals surface area (Å²) >= 11 is 0. The number of likely N-dealkylation sites (N-methyl/N-ethyl adjacent to an activating group) is 1. The number of carboxylic acids is 1. The van der Waals surface area contributed by atoms with E-state index in [0.29, 0.717) is 25.3 Å². The van der Waals surface area contributed by atoms with Gasteiger partial charge in [-0.2, -0.15) is 0 Å². The summed E-state index contributed by atoms with van der Waals surface area (Å²) in [4.78, 5) is 25.3. The van der Waals surface area contributed by atoms with Crippen LogP contribution in [0.4, 0.5) is 5.69 Å². The molecule has 1 saturated heterocycles. The Kier molecular flexibility index (Phi) is 3.66. The molecule has 1 aromatic rings. The number of piperazine rings is 1. The second-order valence-electron chi connectivity index (χ2n) is 4.58. The van der Waals surface area contributed by atoms with Gasteiger partial charge < -0.3 is 10.0 Å². The van der Waals surface area contributed by atoms with Gasteiger partial charge in [-0.05, 0) is 25.2 Å². The van der Waals surface area contributed by atoms with Gasteiger partial charge in [0, 0.05) is 23.7 Å². The van der Waals surface area contributed by atoms with Gasteiger partial charge in [-0.1, -0.05) is 6.07 Å². The molecule has 0 saturated carbocycles. The van der Waals surface area contributed by atoms with Crippen LogP contribution in [0.15, 0.2) is 24.3 Å². The summed E-state index contributed by atoms with van der Waals surface area (Å²) < 4.78 is 0. The minimum atomic E-state index is -1.03. The molecule has 0 amide bonds. The maximum Gasteiger partial charge on any atom is 0.335 e. The quantitative estimate of drug-likeness (QED) is 0.640. The highest BCUT2D eigenvalue weighted by molar-refractivity contribution is 5.88. The molecule has 0 bridgehead atoms. The minimum absolute atomic E-state index is 0.138. The van der Waals surface area contributed by atoms with Crippen molar-refractivity contribution in [3.63, 3.8) is 0 Å². The maximum atomic E-state index is 11.1. The van der Waals surface area contributed by atoms with E-state index < -0.39 is 12.1 Å². The largest absolute Gasteiger partial charge is 0.478 e. The van der Waals surface area contributed by atoms with Crippen LogP contribution in [0.1, 0.15) is 10.4 Å². The van der Waals surface area contributed by atoms with E-state index in [2.05, 4.69) is 0 Å². The first-order valence-electron chi connectivity index (χ1n) is 5.91. The van der Waals surface area contributed by atoms with Gasteiger partial charge in [0.2, 0.25) is 0 Å². The number of carbonyl (C=O) groups is 1. The van der Waals surface area contributed by atoms with Gasteiger partial charge in [-0.15, -0.1) is 0 Å². The average molecular weight is 265 g/mol. The van der Waals surface area contributed by atoms with Crippen molar-refractivity contribution in [2.45, 2.75) is 6.17 Å². The van der Waals surface area contributed by atoms with Gasteiger partial charge in [0.05, 0.1) is 12.1 Å². The van der Waals surface area contributed by atoms with Gasteiger partial charge in [0.25, 0.3) is 6.17 Å². The normalized spacial score (nSPS) is 20.3. The Morgan fingerprint density at radius 3 is 2.84 bits per heavy atom. The van der Waals surface area contributed by atoms with Crippen molar-refractivity contribution in [2.75, 3.05) is 31.6 Å². The van der Waals surface area contributed by atoms with E-state index in [0.717, 1.165) is 0 Å². The monoisotopic (exact) mass is 265 g/mol. The van der Waals surface area contributed by atoms with Crippen molar-refractivity contribution in [2.24, 2.45) is 0 Å². The summed E-state index contributed by atoms with van der Waals surface area (Å²) in [7, 11) is 1.83. The van der Waals surface area contributed by atoms with Gasteiger partial charge in [0.1, 0.15) is 0 Å². The molecule has 19 heavy (non-hydrogen) atoms. The van der Waals surface area contributed by atoms with E-state index >= 15 is 0 Å². The SMILES string of the molecule is CN1CCN(c2cccc(C(=O)O)c2)C([N+](=O)[O-])C1. The van der Waals surface area contributed by atoms with E-state index in [1.165, 1.54) is 12.1 Å². The van der Waals surface area contributed by atoms with E-state index in [4.69, 9.17) is 5.11 Å². The molecule has 1 atom stereocenters. The molecule has 1 heterocycles. The van der Waals surface area contributed by atoms with Crippen LogP contribution >= 0.6 is 0 Å². The summed E-state index contributed by atoms with van der Waals surface area (Å²) in [6.45, 7) is 1.54. The maximum absolute atomic E-state index is 11.1. The van der Waals surface area contributed by atoms with Crippen LogP contribution in [-0.4, -0.2) is 53.7 Å². The third-order valence-corrected chi connectivity index (χ3v) is 3.23. The Hall–Kier alpha value is -2.15. The standard InChI is InChI=1S/C12H15N3O4/c1-13-5-6-14(11(8-13)15(18)19)10-4-2-3-9(7-10)12(16)17/h2-4,7,11H,5-6,8H2,1H3,(H,16,17). The molecular formula is C12H15N3O4. The first-order valence-corrected chi connectivity index (χ1v) is 5.91. The Balaban J connectivity index is 2.30. The van der Waals surface area contributed by atoms with Gasteiger partial charge in [0.15, 0.2) is 0 Å². The van der Waals surface area contributed by atoms with E-state index in [1.54, 1.807) is 17.0 Å². The molecular weight excluding hydrogens is 250 g/mol. The highest BCUT2D eigenvalue weighted by Gasteiger charge is 2.34. The lowest BCUT2D eigenvalue weighted by Gasteiger charge is -2.36. The molecule has 2 rings (SSSR count). The van der Waals surface area contributed by atoms with Crippen molar-refractivity contribution >= 4 is 11.7 Å². The smallest absolute Gasteiger partial charge is 0.335 e. The molecule has 1 unspecified atom stereocenters. The Morgan fingerprint density at radius 2 is 2.21 bits per heavy atom. The number of aromatic carboxylic acids is 1. The van der Waals surface area contributed by atoms with E-state index in [9.17, 15) is 14.9 Å².